The van der Waals surface area contributed by atoms with E-state index in [1.54, 1.807) is 4.90 Å². The number of benzene rings is 1. The summed E-state index contributed by atoms with van der Waals surface area (Å²) in [5.41, 5.74) is 1.02. The number of nitrogens with zero attached hydrogens (tertiary/aromatic N) is 2. The Morgan fingerprint density at radius 1 is 1.19 bits per heavy atom. The second-order valence-electron chi connectivity index (χ2n) is 5.22. The van der Waals surface area contributed by atoms with E-state index in [0.717, 1.165) is 51.4 Å². The highest BCUT2D eigenvalue weighted by Crippen LogP contribution is 2.06. The second-order valence-corrected chi connectivity index (χ2v) is 5.22. The fourth-order valence-corrected chi connectivity index (χ4v) is 2.38. The van der Waals surface area contributed by atoms with Gasteiger partial charge in [0.1, 0.15) is 6.61 Å². The van der Waals surface area contributed by atoms with Gasteiger partial charge >= 0.3 is 6.09 Å². The maximum atomic E-state index is 12.0. The second kappa shape index (κ2) is 8.64. The number of likely N-dealkylation sites (N-methyl/N-ethyl adjacent to an activating group) is 1. The Labute approximate surface area is 126 Å². The molecule has 0 atom stereocenters. The quantitative estimate of drug-likeness (QED) is 0.808. The summed E-state index contributed by atoms with van der Waals surface area (Å²) in [4.78, 5) is 16.2. The highest BCUT2D eigenvalue weighted by molar-refractivity contribution is 5.67. The van der Waals surface area contributed by atoms with Crippen LogP contribution in [-0.4, -0.2) is 61.7 Å². The molecule has 1 saturated heterocycles. The van der Waals surface area contributed by atoms with Crippen molar-refractivity contribution >= 4 is 6.09 Å². The largest absolute Gasteiger partial charge is 0.445 e. The lowest BCUT2D eigenvalue weighted by Gasteiger charge is -2.34. The molecule has 5 heteroatoms. The minimum atomic E-state index is -0.204. The van der Waals surface area contributed by atoms with Gasteiger partial charge in [-0.05, 0) is 12.1 Å². The molecule has 1 N–H and O–H groups in total. The van der Waals surface area contributed by atoms with Gasteiger partial charge in [-0.3, -0.25) is 4.90 Å². The predicted molar refractivity (Wildman–Crippen MR) is 83.2 cm³/mol. The van der Waals surface area contributed by atoms with Gasteiger partial charge in [0.15, 0.2) is 0 Å². The number of carbonyl (C=O) groups is 1. The molecule has 5 nitrogen and oxygen atoms in total. The molecule has 0 aliphatic carbocycles. The molecule has 21 heavy (non-hydrogen) atoms. The van der Waals surface area contributed by atoms with Crippen LogP contribution in [0.25, 0.3) is 0 Å². The molecular weight excluding hydrogens is 266 g/mol. The van der Waals surface area contributed by atoms with Gasteiger partial charge in [0.2, 0.25) is 0 Å². The number of hydrogen-bond acceptors (Lipinski definition) is 4. The summed E-state index contributed by atoms with van der Waals surface area (Å²) in [5, 5.41) is 3.32. The number of nitrogens with one attached hydrogen (secondary N) is 1. The molecule has 1 amide bonds. The highest BCUT2D eigenvalue weighted by atomic mass is 16.6. The molecule has 1 aliphatic heterocycles. The molecule has 0 saturated carbocycles. The highest BCUT2D eigenvalue weighted by Gasteiger charge is 2.21. The SMILES string of the molecule is CCNCCN1CCN(C(=O)OCc2ccccc2)CC1. The van der Waals surface area contributed by atoms with Crippen molar-refractivity contribution in [3.05, 3.63) is 35.9 Å². The molecule has 1 fully saturated rings. The normalized spacial score (nSPS) is 16.0. The summed E-state index contributed by atoms with van der Waals surface area (Å²) in [7, 11) is 0. The van der Waals surface area contributed by atoms with Crippen molar-refractivity contribution in [2.75, 3.05) is 45.8 Å². The van der Waals surface area contributed by atoms with Gasteiger partial charge in [-0.15, -0.1) is 0 Å². The van der Waals surface area contributed by atoms with Gasteiger partial charge in [0, 0.05) is 39.3 Å². The van der Waals surface area contributed by atoms with Gasteiger partial charge in [-0.1, -0.05) is 37.3 Å². The number of hydrogen-bond donors (Lipinski definition) is 1. The third-order valence-electron chi connectivity index (χ3n) is 3.69. The van der Waals surface area contributed by atoms with Crippen molar-refractivity contribution in [3.8, 4) is 0 Å². The predicted octanol–water partition coefficient (Wildman–Crippen LogP) is 1.55. The van der Waals surface area contributed by atoms with E-state index in [4.69, 9.17) is 4.74 Å². The van der Waals surface area contributed by atoms with Crippen molar-refractivity contribution in [2.24, 2.45) is 0 Å². The molecule has 2 rings (SSSR count). The first kappa shape index (κ1) is 15.8. The lowest BCUT2D eigenvalue weighted by Crippen LogP contribution is -2.50. The van der Waals surface area contributed by atoms with Gasteiger partial charge in [0.25, 0.3) is 0 Å². The van der Waals surface area contributed by atoms with Crippen LogP contribution in [0, 0.1) is 0 Å². The smallest absolute Gasteiger partial charge is 0.410 e. The number of ether oxygens (including phenoxy) is 1. The summed E-state index contributed by atoms with van der Waals surface area (Å²) in [6.07, 6.45) is -0.204. The maximum absolute atomic E-state index is 12.0. The molecule has 0 unspecified atom stereocenters. The third-order valence-corrected chi connectivity index (χ3v) is 3.69. The molecule has 1 aromatic carbocycles. The Morgan fingerprint density at radius 2 is 1.90 bits per heavy atom. The average Bonchev–Trinajstić information content (AvgIpc) is 2.54. The van der Waals surface area contributed by atoms with E-state index in [1.165, 1.54) is 0 Å². The van der Waals surface area contributed by atoms with Gasteiger partial charge in [0.05, 0.1) is 0 Å². The van der Waals surface area contributed by atoms with Crippen molar-refractivity contribution in [1.29, 1.82) is 0 Å². The zero-order chi connectivity index (χ0) is 14.9. The van der Waals surface area contributed by atoms with Crippen LogP contribution in [0.4, 0.5) is 4.79 Å². The molecule has 1 aliphatic rings. The Kier molecular flexibility index (Phi) is 6.50. The van der Waals surface area contributed by atoms with Crippen molar-refractivity contribution < 1.29 is 9.53 Å². The van der Waals surface area contributed by atoms with Crippen LogP contribution in [-0.2, 0) is 11.3 Å². The van der Waals surface area contributed by atoms with Crippen molar-refractivity contribution in [3.63, 3.8) is 0 Å². The molecule has 0 bridgehead atoms. The standard InChI is InChI=1S/C16H25N3O2/c1-2-17-8-9-18-10-12-19(13-11-18)16(20)21-14-15-6-4-3-5-7-15/h3-7,17H,2,8-14H2,1H3. The molecule has 0 aromatic heterocycles. The lowest BCUT2D eigenvalue weighted by atomic mass is 10.2. The zero-order valence-corrected chi connectivity index (χ0v) is 12.8. The fourth-order valence-electron chi connectivity index (χ4n) is 2.38. The Hall–Kier alpha value is -1.59. The molecule has 0 spiro atoms. The van der Waals surface area contributed by atoms with Crippen LogP contribution in [0.3, 0.4) is 0 Å². The Bertz CT molecular complexity index is 417. The van der Waals surface area contributed by atoms with Gasteiger partial charge in [-0.25, -0.2) is 4.79 Å². The first-order valence-corrected chi connectivity index (χ1v) is 7.68. The average molecular weight is 291 g/mol. The van der Waals surface area contributed by atoms with E-state index < -0.39 is 0 Å². The van der Waals surface area contributed by atoms with E-state index in [2.05, 4.69) is 17.1 Å². The molecule has 1 heterocycles. The van der Waals surface area contributed by atoms with Crippen LogP contribution in [0.5, 0.6) is 0 Å². The zero-order valence-electron chi connectivity index (χ0n) is 12.8. The monoisotopic (exact) mass is 291 g/mol. The maximum Gasteiger partial charge on any atom is 0.410 e. The molecule has 116 valence electrons. The molecular formula is C16H25N3O2. The van der Waals surface area contributed by atoms with Crippen LogP contribution >= 0.6 is 0 Å². The fraction of sp³-hybridized carbons (Fsp3) is 0.562. The summed E-state index contributed by atoms with van der Waals surface area (Å²) < 4.78 is 5.36. The van der Waals surface area contributed by atoms with E-state index in [9.17, 15) is 4.79 Å². The van der Waals surface area contributed by atoms with Crippen molar-refractivity contribution in [2.45, 2.75) is 13.5 Å². The lowest BCUT2D eigenvalue weighted by molar-refractivity contribution is 0.0719. The number of piperazine rings is 1. The first-order chi connectivity index (χ1) is 10.3. The van der Waals surface area contributed by atoms with Crippen LogP contribution in [0.2, 0.25) is 0 Å². The van der Waals surface area contributed by atoms with Crippen molar-refractivity contribution in [1.82, 2.24) is 15.1 Å². The molecule has 0 radical (unpaired) electrons. The number of carbonyl (C=O) groups excluding carboxylic acids is 1. The van der Waals surface area contributed by atoms with E-state index in [-0.39, 0.29) is 6.09 Å². The van der Waals surface area contributed by atoms with Crippen LogP contribution in [0.1, 0.15) is 12.5 Å². The third kappa shape index (κ3) is 5.36. The summed E-state index contributed by atoms with van der Waals surface area (Å²) in [6, 6.07) is 9.79. The van der Waals surface area contributed by atoms with Crippen LogP contribution in [0.15, 0.2) is 30.3 Å². The van der Waals surface area contributed by atoms with E-state index in [0.29, 0.717) is 6.61 Å². The first-order valence-electron chi connectivity index (χ1n) is 7.68. The number of rotatable bonds is 6. The Morgan fingerprint density at radius 3 is 2.57 bits per heavy atom. The molecule has 1 aromatic rings. The minimum absolute atomic E-state index is 0.204. The summed E-state index contributed by atoms with van der Waals surface area (Å²) >= 11 is 0. The van der Waals surface area contributed by atoms with Crippen LogP contribution < -0.4 is 5.32 Å². The summed E-state index contributed by atoms with van der Waals surface area (Å²) in [5.74, 6) is 0. The van der Waals surface area contributed by atoms with E-state index in [1.807, 2.05) is 30.3 Å². The Balaban J connectivity index is 1.66. The topological polar surface area (TPSA) is 44.8 Å². The number of amides is 1. The van der Waals surface area contributed by atoms with Gasteiger partial charge < -0.3 is 15.0 Å². The minimum Gasteiger partial charge on any atom is -0.445 e. The van der Waals surface area contributed by atoms with Gasteiger partial charge in [-0.2, -0.15) is 0 Å². The van der Waals surface area contributed by atoms with E-state index >= 15 is 0 Å². The summed E-state index contributed by atoms with van der Waals surface area (Å²) in [6.45, 7) is 8.86.